The molecule has 0 aromatic carbocycles. The predicted molar refractivity (Wildman–Crippen MR) is 142 cm³/mol. The van der Waals surface area contributed by atoms with E-state index in [0.29, 0.717) is 26.4 Å². The molecule has 0 N–H and O–H groups in total. The molecule has 4 aromatic heterocycles. The van der Waals surface area contributed by atoms with Crippen molar-refractivity contribution in [2.75, 3.05) is 26.4 Å². The lowest BCUT2D eigenvalue weighted by Crippen LogP contribution is -2.50. The normalized spacial score (nSPS) is 11.9. The standard InChI is InChI=1S/C24H28O4S4Si/c1-5-21(29-17-1)9-13-25-33(26-14-10-22-6-2-18-30-22,27-15-11-23-7-3-19-31-23)28-16-12-24-8-4-20-32-24/h1-8,17-20H,9-16H2. The Morgan fingerprint density at radius 3 is 0.939 bits per heavy atom. The van der Waals surface area contributed by atoms with Crippen LogP contribution in [0.15, 0.2) is 70.1 Å². The Morgan fingerprint density at radius 1 is 0.455 bits per heavy atom. The highest BCUT2D eigenvalue weighted by Crippen LogP contribution is 2.20. The highest BCUT2D eigenvalue weighted by Gasteiger charge is 2.45. The SMILES string of the molecule is c1csc(CCO[Si](OCCc2cccs2)(OCCc2cccs2)OCCc2cccs2)c1. The Morgan fingerprint density at radius 2 is 0.727 bits per heavy atom. The van der Waals surface area contributed by atoms with Crippen LogP contribution in [0.3, 0.4) is 0 Å². The fraction of sp³-hybridized carbons (Fsp3) is 0.333. The monoisotopic (exact) mass is 536 g/mol. The maximum Gasteiger partial charge on any atom is 0.679 e. The first-order valence-electron chi connectivity index (χ1n) is 11.0. The van der Waals surface area contributed by atoms with E-state index in [9.17, 15) is 0 Å². The van der Waals surface area contributed by atoms with Gasteiger partial charge in [-0.2, -0.15) is 0 Å². The van der Waals surface area contributed by atoms with E-state index in [1.807, 2.05) is 0 Å². The minimum absolute atomic E-state index is 0.518. The van der Waals surface area contributed by atoms with Crippen LogP contribution in [0.1, 0.15) is 19.5 Å². The predicted octanol–water partition coefficient (Wildman–Crippen LogP) is 6.71. The number of hydrogen-bond donors (Lipinski definition) is 0. The third kappa shape index (κ3) is 8.54. The van der Waals surface area contributed by atoms with Gasteiger partial charge in [0.2, 0.25) is 0 Å². The molecule has 0 amide bonds. The van der Waals surface area contributed by atoms with Crippen molar-refractivity contribution in [1.29, 1.82) is 0 Å². The molecular formula is C24H28O4S4Si. The second-order valence-electron chi connectivity index (χ2n) is 7.21. The summed E-state index contributed by atoms with van der Waals surface area (Å²) in [5.74, 6) is 0. The van der Waals surface area contributed by atoms with Crippen LogP contribution in [0.2, 0.25) is 0 Å². The molecule has 0 fully saturated rings. The second kappa shape index (κ2) is 13.7. The van der Waals surface area contributed by atoms with Crippen molar-refractivity contribution in [2.45, 2.75) is 25.7 Å². The molecule has 0 saturated heterocycles. The van der Waals surface area contributed by atoms with Crippen LogP contribution in [-0.2, 0) is 43.4 Å². The molecule has 0 bridgehead atoms. The van der Waals surface area contributed by atoms with E-state index < -0.39 is 9.05 Å². The molecule has 4 rings (SSSR count). The zero-order chi connectivity index (χ0) is 22.6. The first-order chi connectivity index (χ1) is 16.3. The van der Waals surface area contributed by atoms with E-state index in [1.54, 1.807) is 45.3 Å². The Bertz CT molecular complexity index is 819. The second-order valence-corrected chi connectivity index (χ2v) is 13.5. The maximum absolute atomic E-state index is 6.35. The van der Waals surface area contributed by atoms with Gasteiger partial charge in [0, 0.05) is 71.6 Å². The van der Waals surface area contributed by atoms with Crippen molar-refractivity contribution in [2.24, 2.45) is 0 Å². The molecule has 9 heteroatoms. The summed E-state index contributed by atoms with van der Waals surface area (Å²) in [6.45, 7) is 2.07. The molecule has 4 nitrogen and oxygen atoms in total. The van der Waals surface area contributed by atoms with Crippen molar-refractivity contribution in [1.82, 2.24) is 0 Å². The molecule has 4 aromatic rings. The summed E-state index contributed by atoms with van der Waals surface area (Å²) in [4.78, 5) is 5.14. The summed E-state index contributed by atoms with van der Waals surface area (Å²) in [5, 5.41) is 8.36. The molecule has 0 aliphatic heterocycles. The van der Waals surface area contributed by atoms with Crippen LogP contribution in [0, 0.1) is 0 Å². The van der Waals surface area contributed by atoms with Crippen LogP contribution < -0.4 is 0 Å². The van der Waals surface area contributed by atoms with Gasteiger partial charge >= 0.3 is 9.05 Å². The van der Waals surface area contributed by atoms with Gasteiger partial charge in [-0.1, -0.05) is 24.3 Å². The highest BCUT2D eigenvalue weighted by molar-refractivity contribution is 7.10. The van der Waals surface area contributed by atoms with E-state index in [0.717, 1.165) is 25.7 Å². The van der Waals surface area contributed by atoms with Gasteiger partial charge in [-0.25, -0.2) is 0 Å². The molecular weight excluding hydrogens is 509 g/mol. The van der Waals surface area contributed by atoms with Crippen LogP contribution >= 0.6 is 45.3 Å². The average Bonchev–Trinajstić information content (AvgIpc) is 3.63. The van der Waals surface area contributed by atoms with E-state index >= 15 is 0 Å². The fourth-order valence-corrected chi connectivity index (χ4v) is 7.85. The lowest BCUT2D eigenvalue weighted by molar-refractivity contribution is -0.0325. The topological polar surface area (TPSA) is 36.9 Å². The van der Waals surface area contributed by atoms with Gasteiger partial charge in [-0.3, -0.25) is 0 Å². The van der Waals surface area contributed by atoms with Crippen molar-refractivity contribution in [3.05, 3.63) is 89.6 Å². The summed E-state index contributed by atoms with van der Waals surface area (Å²) in [6.07, 6.45) is 3.29. The lowest BCUT2D eigenvalue weighted by atomic mass is 10.4. The first kappa shape index (κ1) is 25.0. The minimum atomic E-state index is -3.31. The van der Waals surface area contributed by atoms with Gasteiger partial charge in [0.05, 0.1) is 0 Å². The zero-order valence-electron chi connectivity index (χ0n) is 18.4. The molecule has 0 saturated carbocycles. The van der Waals surface area contributed by atoms with E-state index in [4.69, 9.17) is 17.7 Å². The molecule has 0 atom stereocenters. The Kier molecular flexibility index (Phi) is 10.3. The van der Waals surface area contributed by atoms with Crippen LogP contribution in [0.4, 0.5) is 0 Å². The van der Waals surface area contributed by atoms with Gasteiger partial charge < -0.3 is 17.7 Å². The van der Waals surface area contributed by atoms with E-state index in [1.165, 1.54) is 19.5 Å². The highest BCUT2D eigenvalue weighted by atomic mass is 32.1. The largest absolute Gasteiger partial charge is 0.679 e. The summed E-state index contributed by atoms with van der Waals surface area (Å²) in [6, 6.07) is 16.8. The van der Waals surface area contributed by atoms with E-state index in [-0.39, 0.29) is 0 Å². The van der Waals surface area contributed by atoms with Crippen LogP contribution in [-0.4, -0.2) is 35.5 Å². The molecule has 33 heavy (non-hydrogen) atoms. The molecule has 0 unspecified atom stereocenters. The molecule has 0 radical (unpaired) electrons. The quantitative estimate of drug-likeness (QED) is 0.149. The average molecular weight is 537 g/mol. The van der Waals surface area contributed by atoms with Crippen LogP contribution in [0.25, 0.3) is 0 Å². The van der Waals surface area contributed by atoms with E-state index in [2.05, 4.69) is 70.1 Å². The zero-order valence-corrected chi connectivity index (χ0v) is 22.6. The lowest BCUT2D eigenvalue weighted by Gasteiger charge is -2.28. The summed E-state index contributed by atoms with van der Waals surface area (Å²) < 4.78 is 25.4. The Labute approximate surface area is 212 Å². The van der Waals surface area contributed by atoms with Gasteiger partial charge in [-0.15, -0.1) is 45.3 Å². The van der Waals surface area contributed by atoms with Gasteiger partial charge in [0.1, 0.15) is 0 Å². The summed E-state index contributed by atoms with van der Waals surface area (Å²) in [5.41, 5.74) is 0. The first-order valence-corrected chi connectivity index (χ1v) is 16.1. The Hall–Kier alpha value is -1.14. The van der Waals surface area contributed by atoms with Gasteiger partial charge in [0.25, 0.3) is 0 Å². The molecule has 176 valence electrons. The summed E-state index contributed by atoms with van der Waals surface area (Å²) >= 11 is 6.96. The van der Waals surface area contributed by atoms with Crippen molar-refractivity contribution in [3.63, 3.8) is 0 Å². The van der Waals surface area contributed by atoms with Crippen LogP contribution in [0.5, 0.6) is 0 Å². The summed E-state index contributed by atoms with van der Waals surface area (Å²) in [7, 11) is -3.31. The third-order valence-corrected chi connectivity index (χ3v) is 10.8. The molecule has 0 spiro atoms. The minimum Gasteiger partial charge on any atom is -0.351 e. The smallest absolute Gasteiger partial charge is 0.351 e. The fourth-order valence-electron chi connectivity index (χ4n) is 3.18. The Balaban J connectivity index is 1.40. The number of rotatable bonds is 16. The molecule has 0 aliphatic carbocycles. The van der Waals surface area contributed by atoms with Gasteiger partial charge in [0.15, 0.2) is 0 Å². The number of thiophene rings is 4. The van der Waals surface area contributed by atoms with Crippen molar-refractivity contribution < 1.29 is 17.7 Å². The maximum atomic E-state index is 6.35. The van der Waals surface area contributed by atoms with Crippen molar-refractivity contribution in [3.8, 4) is 0 Å². The molecule has 0 aliphatic rings. The number of hydrogen-bond acceptors (Lipinski definition) is 8. The third-order valence-electron chi connectivity index (χ3n) is 4.83. The molecule has 4 heterocycles. The van der Waals surface area contributed by atoms with Crippen molar-refractivity contribution >= 4 is 54.4 Å². The van der Waals surface area contributed by atoms with Gasteiger partial charge in [-0.05, 0) is 45.8 Å².